The molecule has 0 heterocycles. The molecule has 3 atom stereocenters. The Bertz CT molecular complexity index is 819. The first-order chi connectivity index (χ1) is 23.5. The average Bonchev–Trinajstić information content (AvgIpc) is 3.04. The van der Waals surface area contributed by atoms with E-state index in [-0.39, 0.29) is 19.1 Å². The molecule has 0 aromatic rings. The van der Waals surface area contributed by atoms with Crippen LogP contribution < -0.4 is 10.2 Å². The number of allylic oxidation sites excluding steroid dienone is 2. The summed E-state index contributed by atoms with van der Waals surface area (Å²) in [5.74, 6) is -0.174. The van der Waals surface area contributed by atoms with Crippen LogP contribution in [-0.4, -0.2) is 68.5 Å². The van der Waals surface area contributed by atoms with Crippen LogP contribution >= 0.6 is 7.82 Å². The van der Waals surface area contributed by atoms with Gasteiger partial charge in [-0.2, -0.15) is 0 Å². The maximum absolute atomic E-state index is 12.8. The lowest BCUT2D eigenvalue weighted by Gasteiger charge is -2.30. The van der Waals surface area contributed by atoms with E-state index in [1.54, 1.807) is 0 Å². The number of amides is 1. The van der Waals surface area contributed by atoms with Crippen molar-refractivity contribution in [2.45, 2.75) is 199 Å². The van der Waals surface area contributed by atoms with Crippen molar-refractivity contribution in [1.29, 1.82) is 0 Å². The minimum atomic E-state index is -4.56. The summed E-state index contributed by atoms with van der Waals surface area (Å²) in [5, 5.41) is 13.8. The Labute approximate surface area is 303 Å². The van der Waals surface area contributed by atoms with Gasteiger partial charge in [0.15, 0.2) is 0 Å². The number of phosphoric acid groups is 1. The number of likely N-dealkylation sites (N-methyl/N-ethyl adjacent to an activating group) is 1. The molecule has 9 heteroatoms. The quantitative estimate of drug-likeness (QED) is 0.0287. The second-order valence-corrected chi connectivity index (χ2v) is 16.8. The summed E-state index contributed by atoms with van der Waals surface area (Å²) in [6.45, 7) is 4.67. The van der Waals surface area contributed by atoms with Crippen LogP contribution in [-0.2, 0) is 18.4 Å². The first-order valence-electron chi connectivity index (χ1n) is 20.5. The number of aliphatic hydroxyl groups excluding tert-OH is 1. The molecule has 0 radical (unpaired) electrons. The van der Waals surface area contributed by atoms with Crippen molar-refractivity contribution in [2.24, 2.45) is 0 Å². The van der Waals surface area contributed by atoms with Gasteiger partial charge in [-0.05, 0) is 38.5 Å². The van der Waals surface area contributed by atoms with Crippen LogP contribution in [0.4, 0.5) is 0 Å². The standard InChI is InChI=1S/C40H81N2O6P/c1-6-8-10-12-14-16-18-19-20-21-22-24-26-28-30-32-34-40(44)41-38(37-48-49(45,46)47-36-35-42(3,4)5)39(43)33-31-29-27-25-23-17-15-13-11-9-7-2/h23,25,38-39,43H,6-22,24,26-37H2,1-5H3,(H-,41,44,45,46)/b25-23+/t38-,39+/m0/s1. The van der Waals surface area contributed by atoms with Gasteiger partial charge in [-0.15, -0.1) is 0 Å². The molecule has 0 aliphatic heterocycles. The van der Waals surface area contributed by atoms with Crippen molar-refractivity contribution < 1.29 is 32.9 Å². The smallest absolute Gasteiger partial charge is 0.268 e. The van der Waals surface area contributed by atoms with Crippen molar-refractivity contribution >= 4 is 13.7 Å². The third-order valence-electron chi connectivity index (χ3n) is 9.25. The van der Waals surface area contributed by atoms with Gasteiger partial charge in [0.1, 0.15) is 13.2 Å². The Morgan fingerprint density at radius 2 is 1.12 bits per heavy atom. The van der Waals surface area contributed by atoms with E-state index in [1.165, 1.54) is 116 Å². The number of nitrogens with one attached hydrogen (secondary N) is 1. The molecule has 8 nitrogen and oxygen atoms in total. The van der Waals surface area contributed by atoms with Gasteiger partial charge in [0.25, 0.3) is 7.82 Å². The Kier molecular flexibility index (Phi) is 32.6. The first kappa shape index (κ1) is 48.2. The number of nitrogens with zero attached hydrogens (tertiary/aromatic N) is 1. The maximum atomic E-state index is 12.8. The summed E-state index contributed by atoms with van der Waals surface area (Å²) in [7, 11) is 1.29. The summed E-state index contributed by atoms with van der Waals surface area (Å²) in [5.41, 5.74) is 0. The zero-order valence-corrected chi connectivity index (χ0v) is 33.8. The lowest BCUT2D eigenvalue weighted by atomic mass is 10.0. The molecule has 292 valence electrons. The Morgan fingerprint density at radius 3 is 1.59 bits per heavy atom. The average molecular weight is 717 g/mol. The summed E-state index contributed by atoms with van der Waals surface area (Å²) >= 11 is 0. The number of hydrogen-bond donors (Lipinski definition) is 2. The second kappa shape index (κ2) is 33.1. The highest BCUT2D eigenvalue weighted by Gasteiger charge is 2.24. The number of aliphatic hydroxyl groups is 1. The zero-order chi connectivity index (χ0) is 36.5. The van der Waals surface area contributed by atoms with Crippen LogP contribution in [0, 0.1) is 0 Å². The van der Waals surface area contributed by atoms with E-state index in [9.17, 15) is 19.4 Å². The molecule has 0 aliphatic rings. The number of carbonyl (C=O) groups is 1. The van der Waals surface area contributed by atoms with E-state index in [4.69, 9.17) is 9.05 Å². The fourth-order valence-corrected chi connectivity index (χ4v) is 6.64. The SMILES string of the molecule is CCCCCCC/C=C/CCCC[C@@H](O)[C@H](COP(=O)([O-])OCC[N+](C)(C)C)NC(=O)CCCCCCCCCCCCCCCCCC. The molecular formula is C40H81N2O6P. The minimum Gasteiger partial charge on any atom is -0.756 e. The summed E-state index contributed by atoms with van der Waals surface area (Å²) < 4.78 is 23.2. The number of carbonyl (C=O) groups excluding carboxylic acids is 1. The molecule has 0 spiro atoms. The van der Waals surface area contributed by atoms with Crippen LogP contribution in [0.5, 0.6) is 0 Å². The number of phosphoric ester groups is 1. The highest BCUT2D eigenvalue weighted by molar-refractivity contribution is 7.45. The van der Waals surface area contributed by atoms with Gasteiger partial charge in [-0.1, -0.05) is 154 Å². The lowest BCUT2D eigenvalue weighted by Crippen LogP contribution is -2.46. The van der Waals surface area contributed by atoms with E-state index >= 15 is 0 Å². The van der Waals surface area contributed by atoms with Crippen LogP contribution in [0.3, 0.4) is 0 Å². The molecule has 0 fully saturated rings. The van der Waals surface area contributed by atoms with Gasteiger partial charge in [-0.3, -0.25) is 9.36 Å². The Hall–Kier alpha value is -0.760. The van der Waals surface area contributed by atoms with Crippen LogP contribution in [0.1, 0.15) is 187 Å². The van der Waals surface area contributed by atoms with Crippen molar-refractivity contribution in [1.82, 2.24) is 5.32 Å². The third-order valence-corrected chi connectivity index (χ3v) is 10.2. The molecule has 0 rings (SSSR count). The second-order valence-electron chi connectivity index (χ2n) is 15.3. The number of unbranched alkanes of at least 4 members (excludes halogenated alkanes) is 22. The molecule has 1 unspecified atom stereocenters. The highest BCUT2D eigenvalue weighted by Crippen LogP contribution is 2.38. The van der Waals surface area contributed by atoms with E-state index in [1.807, 2.05) is 21.1 Å². The molecule has 0 aromatic carbocycles. The fourth-order valence-electron chi connectivity index (χ4n) is 5.92. The van der Waals surface area contributed by atoms with E-state index in [0.29, 0.717) is 23.9 Å². The van der Waals surface area contributed by atoms with Gasteiger partial charge in [-0.25, -0.2) is 0 Å². The zero-order valence-electron chi connectivity index (χ0n) is 32.9. The van der Waals surface area contributed by atoms with Crippen LogP contribution in [0.25, 0.3) is 0 Å². The molecule has 2 N–H and O–H groups in total. The first-order valence-corrected chi connectivity index (χ1v) is 22.0. The molecule has 49 heavy (non-hydrogen) atoms. The minimum absolute atomic E-state index is 0.00929. The summed E-state index contributed by atoms with van der Waals surface area (Å²) in [6.07, 6.45) is 35.0. The molecule has 0 saturated carbocycles. The molecule has 1 amide bonds. The summed E-state index contributed by atoms with van der Waals surface area (Å²) in [6, 6.07) is -0.809. The Balaban J connectivity index is 4.39. The molecule has 0 saturated heterocycles. The number of hydrogen-bond acceptors (Lipinski definition) is 6. The van der Waals surface area contributed by atoms with E-state index in [0.717, 1.165) is 44.9 Å². The molecular weight excluding hydrogens is 635 g/mol. The molecule has 0 bridgehead atoms. The van der Waals surface area contributed by atoms with Gasteiger partial charge < -0.3 is 28.8 Å². The van der Waals surface area contributed by atoms with E-state index < -0.39 is 20.0 Å². The van der Waals surface area contributed by atoms with Crippen molar-refractivity contribution in [3.63, 3.8) is 0 Å². The van der Waals surface area contributed by atoms with Crippen LogP contribution in [0.2, 0.25) is 0 Å². The maximum Gasteiger partial charge on any atom is 0.268 e. The third kappa shape index (κ3) is 35.4. The topological polar surface area (TPSA) is 108 Å². The number of rotatable bonds is 37. The van der Waals surface area contributed by atoms with Gasteiger partial charge >= 0.3 is 0 Å². The Morgan fingerprint density at radius 1 is 0.694 bits per heavy atom. The van der Waals surface area contributed by atoms with E-state index in [2.05, 4.69) is 31.3 Å². The molecule has 0 aliphatic carbocycles. The monoisotopic (exact) mass is 717 g/mol. The fraction of sp³-hybridized carbons (Fsp3) is 0.925. The highest BCUT2D eigenvalue weighted by atomic mass is 31.2. The lowest BCUT2D eigenvalue weighted by molar-refractivity contribution is -0.870. The predicted molar refractivity (Wildman–Crippen MR) is 205 cm³/mol. The van der Waals surface area contributed by atoms with Gasteiger partial charge in [0, 0.05) is 6.42 Å². The normalized spacial score (nSPS) is 14.7. The predicted octanol–water partition coefficient (Wildman–Crippen LogP) is 10.2. The van der Waals surface area contributed by atoms with Crippen LogP contribution in [0.15, 0.2) is 12.2 Å². The van der Waals surface area contributed by atoms with Crippen molar-refractivity contribution in [2.75, 3.05) is 40.9 Å². The van der Waals surface area contributed by atoms with Gasteiger partial charge in [0.2, 0.25) is 5.91 Å². The largest absolute Gasteiger partial charge is 0.756 e. The van der Waals surface area contributed by atoms with Crippen molar-refractivity contribution in [3.05, 3.63) is 12.2 Å². The summed E-state index contributed by atoms with van der Waals surface area (Å²) in [4.78, 5) is 25.2. The van der Waals surface area contributed by atoms with Gasteiger partial charge in [0.05, 0.1) is 39.9 Å². The van der Waals surface area contributed by atoms with Crippen molar-refractivity contribution in [3.8, 4) is 0 Å². The number of quaternary nitrogens is 1. The molecule has 0 aromatic heterocycles.